The molecule has 0 aliphatic carbocycles. The van der Waals surface area contributed by atoms with Gasteiger partial charge in [0.05, 0.1) is 0 Å². The van der Waals surface area contributed by atoms with Crippen molar-refractivity contribution in [2.24, 2.45) is 5.73 Å². The summed E-state index contributed by atoms with van der Waals surface area (Å²) >= 11 is 3.39. The fourth-order valence-corrected chi connectivity index (χ4v) is 1.92. The predicted octanol–water partition coefficient (Wildman–Crippen LogP) is 4.65. The molecule has 2 aromatic rings. The zero-order valence-electron chi connectivity index (χ0n) is 10.3. The van der Waals surface area contributed by atoms with Crippen LogP contribution in [0.3, 0.4) is 0 Å². The largest absolute Gasteiger partial charge is 0.457 e. The van der Waals surface area contributed by atoms with Crippen LogP contribution >= 0.6 is 15.9 Å². The average molecular weight is 306 g/mol. The molecule has 0 heterocycles. The number of benzene rings is 2. The van der Waals surface area contributed by atoms with Crippen LogP contribution in [0.25, 0.3) is 0 Å². The molecule has 0 saturated heterocycles. The fraction of sp³-hybridized carbons (Fsp3) is 0.200. The van der Waals surface area contributed by atoms with Gasteiger partial charge in [-0.3, -0.25) is 0 Å². The van der Waals surface area contributed by atoms with Crippen molar-refractivity contribution in [3.8, 4) is 11.5 Å². The summed E-state index contributed by atoms with van der Waals surface area (Å²) in [5.74, 6) is 1.65. The number of hydrogen-bond donors (Lipinski definition) is 1. The highest BCUT2D eigenvalue weighted by molar-refractivity contribution is 9.10. The van der Waals surface area contributed by atoms with E-state index in [1.807, 2.05) is 48.5 Å². The summed E-state index contributed by atoms with van der Waals surface area (Å²) in [4.78, 5) is 0. The van der Waals surface area contributed by atoms with E-state index < -0.39 is 0 Å². The van der Waals surface area contributed by atoms with Crippen LogP contribution in [0.2, 0.25) is 0 Å². The summed E-state index contributed by atoms with van der Waals surface area (Å²) in [7, 11) is 0. The maximum Gasteiger partial charge on any atom is 0.127 e. The molecule has 0 unspecified atom stereocenters. The Hall–Kier alpha value is -1.32. The third-order valence-electron chi connectivity index (χ3n) is 2.80. The molecule has 2 rings (SSSR count). The van der Waals surface area contributed by atoms with Crippen molar-refractivity contribution in [1.29, 1.82) is 0 Å². The van der Waals surface area contributed by atoms with Crippen LogP contribution < -0.4 is 10.5 Å². The number of nitrogens with two attached hydrogens (primary N) is 1. The molecule has 0 aromatic heterocycles. The van der Waals surface area contributed by atoms with Gasteiger partial charge in [0.2, 0.25) is 0 Å². The highest BCUT2D eigenvalue weighted by Gasteiger charge is 2.03. The third kappa shape index (κ3) is 3.34. The van der Waals surface area contributed by atoms with Gasteiger partial charge in [0.25, 0.3) is 0 Å². The first-order chi connectivity index (χ1) is 8.69. The zero-order valence-corrected chi connectivity index (χ0v) is 11.9. The number of halogens is 1. The second-order valence-electron chi connectivity index (χ2n) is 4.14. The van der Waals surface area contributed by atoms with Crippen LogP contribution in [0.5, 0.6) is 11.5 Å². The minimum atomic E-state index is 0.103. The lowest BCUT2D eigenvalue weighted by Crippen LogP contribution is -2.07. The molecule has 2 aromatic carbocycles. The zero-order chi connectivity index (χ0) is 13.0. The average Bonchev–Trinajstić information content (AvgIpc) is 2.41. The van der Waals surface area contributed by atoms with Crippen LogP contribution in [0.15, 0.2) is 53.0 Å². The third-order valence-corrected chi connectivity index (χ3v) is 3.33. The summed E-state index contributed by atoms with van der Waals surface area (Å²) in [5.41, 5.74) is 7.11. The second kappa shape index (κ2) is 6.03. The number of hydrogen-bond acceptors (Lipinski definition) is 2. The van der Waals surface area contributed by atoms with Gasteiger partial charge in [-0.25, -0.2) is 0 Å². The smallest absolute Gasteiger partial charge is 0.127 e. The van der Waals surface area contributed by atoms with Gasteiger partial charge in [-0.05, 0) is 48.4 Å². The summed E-state index contributed by atoms with van der Waals surface area (Å²) in [5, 5.41) is 0. The van der Waals surface area contributed by atoms with E-state index >= 15 is 0 Å². The minimum Gasteiger partial charge on any atom is -0.457 e. The summed E-state index contributed by atoms with van der Waals surface area (Å²) in [6.45, 7) is 2.08. The molecule has 0 amide bonds. The van der Waals surface area contributed by atoms with Gasteiger partial charge in [0.1, 0.15) is 11.5 Å². The Kier molecular flexibility index (Phi) is 4.39. The van der Waals surface area contributed by atoms with Crippen LogP contribution in [-0.2, 0) is 0 Å². The van der Waals surface area contributed by atoms with Crippen molar-refractivity contribution in [3.05, 3.63) is 58.6 Å². The molecule has 0 radical (unpaired) electrons. The van der Waals surface area contributed by atoms with E-state index in [1.54, 1.807) is 0 Å². The van der Waals surface area contributed by atoms with Crippen LogP contribution in [0, 0.1) is 0 Å². The lowest BCUT2D eigenvalue weighted by molar-refractivity contribution is 0.482. The first-order valence-corrected chi connectivity index (χ1v) is 6.77. The molecule has 94 valence electrons. The normalized spacial score (nSPS) is 12.2. The first-order valence-electron chi connectivity index (χ1n) is 5.98. The highest BCUT2D eigenvalue weighted by atomic mass is 79.9. The SMILES string of the molecule is CC[C@H](N)c1ccc(Oc2ccc(Br)cc2)cc1. The maximum atomic E-state index is 5.97. The minimum absolute atomic E-state index is 0.103. The van der Waals surface area contributed by atoms with E-state index in [4.69, 9.17) is 10.5 Å². The molecule has 0 spiro atoms. The van der Waals surface area contributed by atoms with Crippen molar-refractivity contribution in [2.75, 3.05) is 0 Å². The van der Waals surface area contributed by atoms with Crippen molar-refractivity contribution in [2.45, 2.75) is 19.4 Å². The van der Waals surface area contributed by atoms with Gasteiger partial charge < -0.3 is 10.5 Å². The topological polar surface area (TPSA) is 35.2 Å². The van der Waals surface area contributed by atoms with Gasteiger partial charge in [-0.2, -0.15) is 0 Å². The fourth-order valence-electron chi connectivity index (χ4n) is 1.66. The Labute approximate surface area is 116 Å². The van der Waals surface area contributed by atoms with Crippen molar-refractivity contribution in [3.63, 3.8) is 0 Å². The number of ether oxygens (including phenoxy) is 1. The van der Waals surface area contributed by atoms with Crippen molar-refractivity contribution in [1.82, 2.24) is 0 Å². The van der Waals surface area contributed by atoms with Gasteiger partial charge in [0.15, 0.2) is 0 Å². The summed E-state index contributed by atoms with van der Waals surface area (Å²) < 4.78 is 6.78. The van der Waals surface area contributed by atoms with Gasteiger partial charge in [0, 0.05) is 10.5 Å². The Balaban J connectivity index is 2.08. The molecule has 0 aliphatic rings. The molecular formula is C15H16BrNO. The molecule has 0 fully saturated rings. The molecule has 18 heavy (non-hydrogen) atoms. The summed E-state index contributed by atoms with van der Waals surface area (Å²) in [6, 6.07) is 15.8. The van der Waals surface area contributed by atoms with E-state index in [2.05, 4.69) is 22.9 Å². The van der Waals surface area contributed by atoms with E-state index in [0.29, 0.717) is 0 Å². The Morgan fingerprint density at radius 2 is 1.50 bits per heavy atom. The van der Waals surface area contributed by atoms with Gasteiger partial charge in [-0.1, -0.05) is 35.0 Å². The molecule has 0 bridgehead atoms. The maximum absolute atomic E-state index is 5.97. The lowest BCUT2D eigenvalue weighted by atomic mass is 10.1. The van der Waals surface area contributed by atoms with Crippen LogP contribution in [0.1, 0.15) is 24.9 Å². The van der Waals surface area contributed by atoms with E-state index in [0.717, 1.165) is 28.0 Å². The molecule has 2 N–H and O–H groups in total. The second-order valence-corrected chi connectivity index (χ2v) is 5.06. The van der Waals surface area contributed by atoms with Gasteiger partial charge >= 0.3 is 0 Å². The lowest BCUT2D eigenvalue weighted by Gasteiger charge is -2.10. The van der Waals surface area contributed by atoms with Crippen LogP contribution in [-0.4, -0.2) is 0 Å². The molecule has 0 saturated carbocycles. The monoisotopic (exact) mass is 305 g/mol. The van der Waals surface area contributed by atoms with E-state index in [9.17, 15) is 0 Å². The van der Waals surface area contributed by atoms with E-state index in [-0.39, 0.29) is 6.04 Å². The Morgan fingerprint density at radius 3 is 2.00 bits per heavy atom. The van der Waals surface area contributed by atoms with Crippen molar-refractivity contribution < 1.29 is 4.74 Å². The molecule has 0 aliphatic heterocycles. The van der Waals surface area contributed by atoms with E-state index in [1.165, 1.54) is 0 Å². The Bertz CT molecular complexity index is 493. The van der Waals surface area contributed by atoms with Crippen molar-refractivity contribution >= 4 is 15.9 Å². The van der Waals surface area contributed by atoms with Gasteiger partial charge in [-0.15, -0.1) is 0 Å². The van der Waals surface area contributed by atoms with Crippen LogP contribution in [0.4, 0.5) is 0 Å². The molecular weight excluding hydrogens is 290 g/mol. The number of rotatable bonds is 4. The standard InChI is InChI=1S/C15H16BrNO/c1-2-15(17)11-3-7-13(8-4-11)18-14-9-5-12(16)6-10-14/h3-10,15H,2,17H2,1H3/t15-/m0/s1. The predicted molar refractivity (Wildman–Crippen MR) is 77.9 cm³/mol. The quantitative estimate of drug-likeness (QED) is 0.892. The Morgan fingerprint density at radius 1 is 1.00 bits per heavy atom. The highest BCUT2D eigenvalue weighted by Crippen LogP contribution is 2.24. The molecule has 2 nitrogen and oxygen atoms in total. The summed E-state index contributed by atoms with van der Waals surface area (Å²) in [6.07, 6.45) is 0.937. The first kappa shape index (κ1) is 13.1. The molecule has 1 atom stereocenters. The molecule has 3 heteroatoms.